The number of tetrazole rings is 1. The van der Waals surface area contributed by atoms with E-state index in [4.69, 9.17) is 10.5 Å². The van der Waals surface area contributed by atoms with Crippen LogP contribution in [0.5, 0.6) is 6.01 Å². The highest BCUT2D eigenvalue weighted by Crippen LogP contribution is 1.93. The maximum absolute atomic E-state index is 5.22. The van der Waals surface area contributed by atoms with Gasteiger partial charge in [-0.3, -0.25) is 0 Å². The molecule has 0 aliphatic rings. The Morgan fingerprint density at radius 2 is 2.50 bits per heavy atom. The van der Waals surface area contributed by atoms with Crippen LogP contribution in [-0.2, 0) is 0 Å². The lowest BCUT2D eigenvalue weighted by atomic mass is 10.5. The van der Waals surface area contributed by atoms with Crippen molar-refractivity contribution in [1.82, 2.24) is 20.6 Å². The van der Waals surface area contributed by atoms with Crippen LogP contribution in [0.3, 0.4) is 0 Å². The van der Waals surface area contributed by atoms with E-state index in [-0.39, 0.29) is 6.01 Å². The van der Waals surface area contributed by atoms with Crippen LogP contribution in [0.2, 0.25) is 0 Å². The van der Waals surface area contributed by atoms with Crippen LogP contribution in [0.1, 0.15) is 6.42 Å². The van der Waals surface area contributed by atoms with Gasteiger partial charge in [-0.2, -0.15) is 5.21 Å². The summed E-state index contributed by atoms with van der Waals surface area (Å²) in [5.74, 6) is 0. The van der Waals surface area contributed by atoms with E-state index < -0.39 is 0 Å². The summed E-state index contributed by atoms with van der Waals surface area (Å²) in [5, 5.41) is 12.7. The van der Waals surface area contributed by atoms with Crippen molar-refractivity contribution in [2.24, 2.45) is 5.73 Å². The van der Waals surface area contributed by atoms with Gasteiger partial charge in [0.15, 0.2) is 0 Å². The molecule has 56 valence electrons. The molecule has 0 bridgehead atoms. The van der Waals surface area contributed by atoms with Gasteiger partial charge in [0.1, 0.15) is 0 Å². The molecule has 1 heterocycles. The van der Waals surface area contributed by atoms with Crippen molar-refractivity contribution in [3.63, 3.8) is 0 Å². The predicted molar refractivity (Wildman–Crippen MR) is 33.3 cm³/mol. The third-order valence-electron chi connectivity index (χ3n) is 0.906. The number of H-pyrrole nitrogens is 1. The lowest BCUT2D eigenvalue weighted by Gasteiger charge is -1.95. The molecule has 3 N–H and O–H groups in total. The van der Waals surface area contributed by atoms with Crippen LogP contribution < -0.4 is 10.5 Å². The van der Waals surface area contributed by atoms with Gasteiger partial charge >= 0.3 is 6.01 Å². The molecular formula is C4H9N5O. The van der Waals surface area contributed by atoms with E-state index in [1.54, 1.807) is 0 Å². The van der Waals surface area contributed by atoms with Crippen molar-refractivity contribution in [2.75, 3.05) is 13.2 Å². The van der Waals surface area contributed by atoms with Crippen LogP contribution in [0, 0.1) is 0 Å². The lowest BCUT2D eigenvalue weighted by molar-refractivity contribution is 0.289. The molecule has 0 saturated heterocycles. The summed E-state index contributed by atoms with van der Waals surface area (Å²) < 4.78 is 4.99. The van der Waals surface area contributed by atoms with Crippen molar-refractivity contribution in [3.05, 3.63) is 0 Å². The van der Waals surface area contributed by atoms with Gasteiger partial charge in [-0.15, -0.1) is 0 Å². The molecule has 0 fully saturated rings. The molecule has 6 heteroatoms. The summed E-state index contributed by atoms with van der Waals surface area (Å²) in [6.45, 7) is 1.15. The Labute approximate surface area is 57.8 Å². The van der Waals surface area contributed by atoms with Crippen molar-refractivity contribution < 1.29 is 4.74 Å². The van der Waals surface area contributed by atoms with Gasteiger partial charge in [-0.05, 0) is 18.2 Å². The Morgan fingerprint density at radius 1 is 1.60 bits per heavy atom. The van der Waals surface area contributed by atoms with Crippen LogP contribution in [0.25, 0.3) is 0 Å². The monoisotopic (exact) mass is 143 g/mol. The predicted octanol–water partition coefficient (Wildman–Crippen LogP) is -1.07. The minimum Gasteiger partial charge on any atom is -0.461 e. The van der Waals surface area contributed by atoms with Gasteiger partial charge < -0.3 is 10.5 Å². The average Bonchev–Trinajstić information content (AvgIpc) is 2.41. The molecular weight excluding hydrogens is 134 g/mol. The third-order valence-corrected chi connectivity index (χ3v) is 0.906. The SMILES string of the molecule is NCCCOc1nn[nH]n1. The Hall–Kier alpha value is -1.17. The first-order valence-corrected chi connectivity index (χ1v) is 3.00. The molecule has 0 radical (unpaired) electrons. The van der Waals surface area contributed by atoms with Crippen molar-refractivity contribution >= 4 is 0 Å². The number of rotatable bonds is 4. The lowest BCUT2D eigenvalue weighted by Crippen LogP contribution is -2.06. The number of nitrogens with two attached hydrogens (primary N) is 1. The Kier molecular flexibility index (Phi) is 2.62. The normalized spacial score (nSPS) is 9.70. The number of nitrogens with zero attached hydrogens (tertiary/aromatic N) is 3. The molecule has 0 amide bonds. The number of aromatic nitrogens is 4. The second-order valence-corrected chi connectivity index (χ2v) is 1.69. The van der Waals surface area contributed by atoms with E-state index in [0.29, 0.717) is 13.2 Å². The summed E-state index contributed by atoms with van der Waals surface area (Å²) in [5.41, 5.74) is 5.22. The maximum Gasteiger partial charge on any atom is 0.355 e. The molecule has 1 aromatic rings. The van der Waals surface area contributed by atoms with Gasteiger partial charge in [-0.25, -0.2) is 0 Å². The van der Waals surface area contributed by atoms with E-state index >= 15 is 0 Å². The van der Waals surface area contributed by atoms with E-state index in [1.165, 1.54) is 0 Å². The average molecular weight is 143 g/mol. The summed E-state index contributed by atoms with van der Waals surface area (Å²) in [4.78, 5) is 0. The molecule has 0 spiro atoms. The molecule has 10 heavy (non-hydrogen) atoms. The zero-order valence-electron chi connectivity index (χ0n) is 5.45. The fraction of sp³-hybridized carbons (Fsp3) is 0.750. The smallest absolute Gasteiger partial charge is 0.355 e. The van der Waals surface area contributed by atoms with Crippen LogP contribution in [-0.4, -0.2) is 33.8 Å². The number of nitrogens with one attached hydrogen (secondary N) is 1. The van der Waals surface area contributed by atoms with E-state index in [2.05, 4.69) is 20.6 Å². The molecule has 0 aliphatic heterocycles. The number of aromatic amines is 1. The van der Waals surface area contributed by atoms with E-state index in [9.17, 15) is 0 Å². The van der Waals surface area contributed by atoms with Crippen molar-refractivity contribution in [3.8, 4) is 6.01 Å². The van der Waals surface area contributed by atoms with Crippen molar-refractivity contribution in [1.29, 1.82) is 0 Å². The van der Waals surface area contributed by atoms with Gasteiger partial charge in [0.2, 0.25) is 0 Å². The zero-order valence-corrected chi connectivity index (χ0v) is 5.45. The first-order chi connectivity index (χ1) is 4.93. The summed E-state index contributed by atoms with van der Waals surface area (Å²) >= 11 is 0. The fourth-order valence-electron chi connectivity index (χ4n) is 0.461. The second kappa shape index (κ2) is 3.78. The Bertz CT molecular complexity index is 162. The van der Waals surface area contributed by atoms with Gasteiger partial charge in [0.25, 0.3) is 0 Å². The summed E-state index contributed by atoms with van der Waals surface area (Å²) in [7, 11) is 0. The number of hydrogen-bond acceptors (Lipinski definition) is 5. The van der Waals surface area contributed by atoms with E-state index in [1.807, 2.05) is 0 Å². The third kappa shape index (κ3) is 1.98. The fourth-order valence-corrected chi connectivity index (χ4v) is 0.461. The van der Waals surface area contributed by atoms with Crippen LogP contribution >= 0.6 is 0 Å². The number of hydrogen-bond donors (Lipinski definition) is 2. The van der Waals surface area contributed by atoms with Crippen LogP contribution in [0.15, 0.2) is 0 Å². The van der Waals surface area contributed by atoms with Gasteiger partial charge in [-0.1, -0.05) is 10.2 Å². The van der Waals surface area contributed by atoms with Crippen molar-refractivity contribution in [2.45, 2.75) is 6.42 Å². The standard InChI is InChI=1S/C4H9N5O/c5-2-1-3-10-4-6-8-9-7-4/h1-3,5H2,(H,6,7,8,9). The largest absolute Gasteiger partial charge is 0.461 e. The first-order valence-electron chi connectivity index (χ1n) is 3.00. The summed E-state index contributed by atoms with van der Waals surface area (Å²) in [6.07, 6.45) is 0.800. The minimum atomic E-state index is 0.272. The van der Waals surface area contributed by atoms with E-state index in [0.717, 1.165) is 6.42 Å². The van der Waals surface area contributed by atoms with Crippen LogP contribution in [0.4, 0.5) is 0 Å². The summed E-state index contributed by atoms with van der Waals surface area (Å²) in [6, 6.07) is 0.272. The molecule has 1 aromatic heterocycles. The maximum atomic E-state index is 5.22. The second-order valence-electron chi connectivity index (χ2n) is 1.69. The molecule has 6 nitrogen and oxygen atoms in total. The zero-order chi connectivity index (χ0) is 7.23. The Balaban J connectivity index is 2.15. The highest BCUT2D eigenvalue weighted by atomic mass is 16.5. The minimum absolute atomic E-state index is 0.272. The molecule has 0 unspecified atom stereocenters. The number of ether oxygens (including phenoxy) is 1. The molecule has 0 aromatic carbocycles. The molecule has 0 atom stereocenters. The first kappa shape index (κ1) is 6.94. The van der Waals surface area contributed by atoms with Gasteiger partial charge in [0, 0.05) is 0 Å². The Morgan fingerprint density at radius 3 is 3.10 bits per heavy atom. The van der Waals surface area contributed by atoms with Gasteiger partial charge in [0.05, 0.1) is 6.61 Å². The molecule has 1 rings (SSSR count). The highest BCUT2D eigenvalue weighted by molar-refractivity contribution is 4.80. The quantitative estimate of drug-likeness (QED) is 0.523. The highest BCUT2D eigenvalue weighted by Gasteiger charge is 1.94. The molecule has 0 saturated carbocycles. The molecule has 0 aliphatic carbocycles. The topological polar surface area (TPSA) is 89.7 Å².